The zero-order valence-electron chi connectivity index (χ0n) is 21.1. The molecule has 3 heterocycles. The molecule has 10 heteroatoms. The first-order chi connectivity index (χ1) is 18.0. The number of carboxylic acid groups (broad SMARTS) is 1. The lowest BCUT2D eigenvalue weighted by Gasteiger charge is -2.35. The first-order valence-corrected chi connectivity index (χ1v) is 12.8. The van der Waals surface area contributed by atoms with E-state index in [-0.39, 0.29) is 17.6 Å². The van der Waals surface area contributed by atoms with Gasteiger partial charge >= 0.3 is 12.3 Å². The van der Waals surface area contributed by atoms with Crippen molar-refractivity contribution in [3.05, 3.63) is 59.4 Å². The van der Waals surface area contributed by atoms with Crippen LogP contribution in [0.2, 0.25) is 0 Å². The van der Waals surface area contributed by atoms with Crippen molar-refractivity contribution in [2.75, 3.05) is 6.54 Å². The number of aromatic nitrogens is 2. The number of rotatable bonds is 6. The van der Waals surface area contributed by atoms with Crippen molar-refractivity contribution >= 4 is 22.9 Å². The summed E-state index contributed by atoms with van der Waals surface area (Å²) in [6, 6.07) is 9.68. The van der Waals surface area contributed by atoms with E-state index in [1.54, 1.807) is 25.3 Å². The third-order valence-electron chi connectivity index (χ3n) is 8.05. The molecule has 5 rings (SSSR count). The highest BCUT2D eigenvalue weighted by Gasteiger charge is 2.38. The van der Waals surface area contributed by atoms with Crippen molar-refractivity contribution in [1.82, 2.24) is 14.5 Å². The molecular formula is C28H30F3N3O4. The average molecular weight is 530 g/mol. The van der Waals surface area contributed by atoms with Crippen LogP contribution >= 0.6 is 0 Å². The fraction of sp³-hybridized carbons (Fsp3) is 0.464. The van der Waals surface area contributed by atoms with Crippen LogP contribution in [-0.2, 0) is 29.1 Å². The predicted molar refractivity (Wildman–Crippen MR) is 133 cm³/mol. The Balaban J connectivity index is 1.33. The van der Waals surface area contributed by atoms with Crippen LogP contribution in [0.4, 0.5) is 13.2 Å². The topological polar surface area (TPSA) is 84.7 Å². The number of alkyl halides is 3. The third-order valence-corrected chi connectivity index (χ3v) is 8.05. The molecule has 1 fully saturated rings. The first kappa shape index (κ1) is 26.1. The summed E-state index contributed by atoms with van der Waals surface area (Å²) in [4.78, 5) is 31.3. The molecule has 0 saturated heterocycles. The number of fused-ring (bicyclic) bond motifs is 3. The highest BCUT2D eigenvalue weighted by molar-refractivity contribution is 5.84. The second-order valence-corrected chi connectivity index (χ2v) is 10.7. The summed E-state index contributed by atoms with van der Waals surface area (Å²) in [6.07, 6.45) is 0.679. The highest BCUT2D eigenvalue weighted by atomic mass is 19.4. The molecule has 0 unspecified atom stereocenters. The van der Waals surface area contributed by atoms with Gasteiger partial charge in [-0.25, -0.2) is 4.98 Å². The van der Waals surface area contributed by atoms with Crippen LogP contribution in [0.25, 0.3) is 11.0 Å². The fourth-order valence-corrected chi connectivity index (χ4v) is 5.73. The summed E-state index contributed by atoms with van der Waals surface area (Å²) in [5.74, 6) is -0.795. The standard InChI is InChI=1S/C28H30F3N3O4/c1-27(26(36)37)11-8-18(9-12-27)15-24(35)33-14-10-21-22-3-2-13-32-25(22)34(23(21)17-33)16-19-4-6-20(7-5-19)38-28(29,30)31/h2-7,13,18H,8-12,14-17H2,1H3,(H,36,37). The van der Waals surface area contributed by atoms with Gasteiger partial charge in [-0.05, 0) is 80.3 Å². The number of carbonyl (C=O) groups excluding carboxylic acids is 1. The zero-order valence-corrected chi connectivity index (χ0v) is 21.1. The molecule has 1 saturated carbocycles. The van der Waals surface area contributed by atoms with Crippen molar-refractivity contribution < 1.29 is 32.6 Å². The maximum absolute atomic E-state index is 13.3. The molecule has 1 amide bonds. The van der Waals surface area contributed by atoms with Gasteiger partial charge in [0, 0.05) is 36.8 Å². The Kier molecular flexibility index (Phi) is 6.83. The predicted octanol–water partition coefficient (Wildman–Crippen LogP) is 5.54. The lowest BCUT2D eigenvalue weighted by atomic mass is 9.71. The number of amides is 1. The van der Waals surface area contributed by atoms with Crippen molar-refractivity contribution in [2.24, 2.45) is 11.3 Å². The molecule has 38 heavy (non-hydrogen) atoms. The molecule has 1 aliphatic heterocycles. The summed E-state index contributed by atoms with van der Waals surface area (Å²) in [5.41, 5.74) is 2.99. The van der Waals surface area contributed by atoms with E-state index in [2.05, 4.69) is 9.72 Å². The second-order valence-electron chi connectivity index (χ2n) is 10.7. The smallest absolute Gasteiger partial charge is 0.481 e. The van der Waals surface area contributed by atoms with E-state index in [4.69, 9.17) is 0 Å². The molecule has 2 aromatic heterocycles. The summed E-state index contributed by atoms with van der Waals surface area (Å²) < 4.78 is 43.6. The maximum Gasteiger partial charge on any atom is 0.573 e. The monoisotopic (exact) mass is 529 g/mol. The van der Waals surface area contributed by atoms with E-state index in [0.717, 1.165) is 40.7 Å². The van der Waals surface area contributed by atoms with Gasteiger partial charge in [-0.2, -0.15) is 0 Å². The molecule has 1 aromatic carbocycles. The molecule has 0 atom stereocenters. The Hall–Kier alpha value is -3.56. The van der Waals surface area contributed by atoms with E-state index < -0.39 is 17.7 Å². The molecule has 0 spiro atoms. The normalized spacial score (nSPS) is 21.8. The van der Waals surface area contributed by atoms with Crippen molar-refractivity contribution in [3.63, 3.8) is 0 Å². The number of halogens is 3. The Bertz CT molecular complexity index is 1340. The van der Waals surface area contributed by atoms with Gasteiger partial charge in [-0.1, -0.05) is 12.1 Å². The number of pyridine rings is 1. The number of aliphatic carboxylic acids is 1. The van der Waals surface area contributed by atoms with Crippen LogP contribution in [0.15, 0.2) is 42.6 Å². The van der Waals surface area contributed by atoms with Gasteiger partial charge in [-0.3, -0.25) is 9.59 Å². The molecule has 2 aliphatic rings. The lowest BCUT2D eigenvalue weighted by Crippen LogP contribution is -2.39. The van der Waals surface area contributed by atoms with Gasteiger partial charge in [0.25, 0.3) is 0 Å². The largest absolute Gasteiger partial charge is 0.573 e. The molecule has 0 bridgehead atoms. The molecule has 1 aliphatic carbocycles. The molecule has 3 aromatic rings. The highest BCUT2D eigenvalue weighted by Crippen LogP contribution is 2.40. The number of nitrogens with zero attached hydrogens (tertiary/aromatic N) is 3. The first-order valence-electron chi connectivity index (χ1n) is 12.8. The molecule has 7 nitrogen and oxygen atoms in total. The van der Waals surface area contributed by atoms with Gasteiger partial charge in [0.1, 0.15) is 11.4 Å². The van der Waals surface area contributed by atoms with Crippen LogP contribution < -0.4 is 4.74 Å². The molecule has 0 radical (unpaired) electrons. The molecular weight excluding hydrogens is 499 g/mol. The number of benzene rings is 1. The Morgan fingerprint density at radius 1 is 1.16 bits per heavy atom. The number of hydrogen-bond acceptors (Lipinski definition) is 4. The van der Waals surface area contributed by atoms with Gasteiger partial charge in [0.15, 0.2) is 0 Å². The fourth-order valence-electron chi connectivity index (χ4n) is 5.73. The minimum Gasteiger partial charge on any atom is -0.481 e. The van der Waals surface area contributed by atoms with E-state index in [1.165, 1.54) is 12.1 Å². The Morgan fingerprint density at radius 3 is 2.53 bits per heavy atom. The van der Waals surface area contributed by atoms with Crippen LogP contribution in [0.5, 0.6) is 5.75 Å². The van der Waals surface area contributed by atoms with Crippen molar-refractivity contribution in [3.8, 4) is 5.75 Å². The number of carbonyl (C=O) groups is 2. The minimum atomic E-state index is -4.75. The lowest BCUT2D eigenvalue weighted by molar-refractivity contribution is -0.274. The Labute approximate surface area is 218 Å². The third kappa shape index (κ3) is 5.35. The van der Waals surface area contributed by atoms with E-state index in [0.29, 0.717) is 45.3 Å². The SMILES string of the molecule is CC1(C(=O)O)CCC(CC(=O)N2CCc3c(n(Cc4ccc(OC(F)(F)F)cc4)c4ncccc34)C2)CC1. The van der Waals surface area contributed by atoms with E-state index >= 15 is 0 Å². The van der Waals surface area contributed by atoms with Crippen LogP contribution in [0.1, 0.15) is 55.8 Å². The van der Waals surface area contributed by atoms with Crippen LogP contribution in [-0.4, -0.2) is 44.3 Å². The van der Waals surface area contributed by atoms with Gasteiger partial charge < -0.3 is 19.3 Å². The zero-order chi connectivity index (χ0) is 27.1. The Morgan fingerprint density at radius 2 is 1.87 bits per heavy atom. The maximum atomic E-state index is 13.3. The van der Waals surface area contributed by atoms with E-state index in [1.807, 2.05) is 21.6 Å². The van der Waals surface area contributed by atoms with Crippen LogP contribution in [0.3, 0.4) is 0 Å². The average Bonchev–Trinajstić information content (AvgIpc) is 3.18. The summed E-state index contributed by atoms with van der Waals surface area (Å²) in [5, 5.41) is 10.5. The van der Waals surface area contributed by atoms with Gasteiger partial charge in [-0.15, -0.1) is 13.2 Å². The minimum absolute atomic E-state index is 0.0676. The quantitative estimate of drug-likeness (QED) is 0.453. The molecule has 1 N–H and O–H groups in total. The summed E-state index contributed by atoms with van der Waals surface area (Å²) in [7, 11) is 0. The summed E-state index contributed by atoms with van der Waals surface area (Å²) in [6.45, 7) is 3.21. The van der Waals surface area contributed by atoms with Crippen molar-refractivity contribution in [1.29, 1.82) is 0 Å². The summed E-state index contributed by atoms with van der Waals surface area (Å²) >= 11 is 0. The van der Waals surface area contributed by atoms with Crippen LogP contribution in [0, 0.1) is 11.3 Å². The van der Waals surface area contributed by atoms with Gasteiger partial charge in [0.05, 0.1) is 12.0 Å². The number of hydrogen-bond donors (Lipinski definition) is 1. The van der Waals surface area contributed by atoms with Gasteiger partial charge in [0.2, 0.25) is 5.91 Å². The number of ether oxygens (including phenoxy) is 1. The second kappa shape index (κ2) is 9.96. The van der Waals surface area contributed by atoms with E-state index in [9.17, 15) is 27.9 Å². The molecule has 202 valence electrons. The number of carboxylic acids is 1. The van der Waals surface area contributed by atoms with Crippen molar-refractivity contribution in [2.45, 2.75) is 64.9 Å².